The van der Waals surface area contributed by atoms with E-state index >= 15 is 0 Å². The van der Waals surface area contributed by atoms with Crippen LogP contribution in [0.3, 0.4) is 0 Å². The van der Waals surface area contributed by atoms with Crippen LogP contribution in [0.15, 0.2) is 24.3 Å². The highest BCUT2D eigenvalue weighted by Gasteiger charge is 2.29. The third kappa shape index (κ3) is 2.12. The average Bonchev–Trinajstić information content (AvgIpc) is 2.67. The molecule has 5 heteroatoms. The van der Waals surface area contributed by atoms with Crippen LogP contribution < -0.4 is 16.6 Å². The molecule has 80 valence electrons. The van der Waals surface area contributed by atoms with Crippen LogP contribution in [-0.4, -0.2) is 11.9 Å². The van der Waals surface area contributed by atoms with Crippen molar-refractivity contribution in [1.29, 1.82) is 0 Å². The number of hydrogen-bond donors (Lipinski definition) is 3. The lowest BCUT2D eigenvalue weighted by molar-refractivity contribution is -0.119. The van der Waals surface area contributed by atoms with Gasteiger partial charge in [-0.2, -0.15) is 0 Å². The smallest absolute Gasteiger partial charge is 0.235 e. The lowest BCUT2D eigenvalue weighted by atomic mass is 10.0. The van der Waals surface area contributed by atoms with Crippen LogP contribution in [-0.2, 0) is 4.79 Å². The summed E-state index contributed by atoms with van der Waals surface area (Å²) in [6, 6.07) is 7.27. The van der Waals surface area contributed by atoms with Crippen LogP contribution in [0.25, 0.3) is 0 Å². The van der Waals surface area contributed by atoms with Gasteiger partial charge < -0.3 is 5.73 Å². The molecule has 1 saturated heterocycles. The summed E-state index contributed by atoms with van der Waals surface area (Å²) in [4.78, 5) is 11.0. The molecule has 1 aromatic rings. The lowest BCUT2D eigenvalue weighted by Crippen LogP contribution is -2.40. The number of halogens is 1. The summed E-state index contributed by atoms with van der Waals surface area (Å²) >= 11 is 6.05. The summed E-state index contributed by atoms with van der Waals surface area (Å²) in [5.41, 5.74) is 12.0. The van der Waals surface area contributed by atoms with E-state index in [1.165, 1.54) is 0 Å². The van der Waals surface area contributed by atoms with Gasteiger partial charge in [-0.1, -0.05) is 29.8 Å². The van der Waals surface area contributed by atoms with Crippen molar-refractivity contribution >= 4 is 17.5 Å². The molecule has 1 aliphatic heterocycles. The Balaban J connectivity index is 2.14. The molecule has 0 bridgehead atoms. The summed E-state index contributed by atoms with van der Waals surface area (Å²) in [5, 5.41) is 0.696. The quantitative estimate of drug-likeness (QED) is 0.695. The molecule has 2 atom stereocenters. The molecule has 0 aromatic heterocycles. The molecule has 1 amide bonds. The molecule has 1 fully saturated rings. The fraction of sp³-hybridized carbons (Fsp3) is 0.300. The van der Waals surface area contributed by atoms with E-state index in [1.54, 1.807) is 0 Å². The van der Waals surface area contributed by atoms with Crippen molar-refractivity contribution < 1.29 is 4.79 Å². The Morgan fingerprint density at radius 3 is 2.73 bits per heavy atom. The number of hydrogen-bond acceptors (Lipinski definition) is 3. The highest BCUT2D eigenvalue weighted by atomic mass is 35.5. The minimum absolute atomic E-state index is 0.0381. The van der Waals surface area contributed by atoms with Crippen LogP contribution >= 0.6 is 11.6 Å². The van der Waals surface area contributed by atoms with Crippen LogP contribution in [0.2, 0.25) is 5.02 Å². The lowest BCUT2D eigenvalue weighted by Gasteiger charge is -2.10. The second kappa shape index (κ2) is 4.18. The molecule has 1 heterocycles. The summed E-state index contributed by atoms with van der Waals surface area (Å²) in [7, 11) is 0. The molecule has 15 heavy (non-hydrogen) atoms. The predicted octanol–water partition coefficient (Wildman–Crippen LogP) is 0.733. The molecule has 1 aliphatic rings. The Kier molecular flexibility index (Phi) is 2.90. The van der Waals surface area contributed by atoms with Crippen molar-refractivity contribution in [2.75, 3.05) is 0 Å². The maximum Gasteiger partial charge on any atom is 0.235 e. The Labute approximate surface area is 92.8 Å². The molecule has 2 rings (SSSR count). The van der Waals surface area contributed by atoms with Crippen molar-refractivity contribution in [3.8, 4) is 0 Å². The van der Waals surface area contributed by atoms with Gasteiger partial charge >= 0.3 is 0 Å². The molecule has 0 spiro atoms. The van der Waals surface area contributed by atoms with Gasteiger partial charge in [0.2, 0.25) is 5.91 Å². The molecule has 4 N–H and O–H groups in total. The van der Waals surface area contributed by atoms with Gasteiger partial charge in [0, 0.05) is 11.1 Å². The minimum Gasteiger partial charge on any atom is -0.368 e. The van der Waals surface area contributed by atoms with Gasteiger partial charge in [-0.05, 0) is 18.1 Å². The van der Waals surface area contributed by atoms with Crippen molar-refractivity contribution in [3.63, 3.8) is 0 Å². The van der Waals surface area contributed by atoms with Crippen molar-refractivity contribution in [1.82, 2.24) is 10.9 Å². The third-order valence-corrected chi connectivity index (χ3v) is 2.87. The zero-order chi connectivity index (χ0) is 10.8. The van der Waals surface area contributed by atoms with Crippen LogP contribution in [0, 0.1) is 0 Å². The number of carbonyl (C=O) groups excluding carboxylic acids is 1. The topological polar surface area (TPSA) is 67.2 Å². The highest BCUT2D eigenvalue weighted by Crippen LogP contribution is 2.27. The zero-order valence-corrected chi connectivity index (χ0v) is 8.79. The maximum absolute atomic E-state index is 11.0. The van der Waals surface area contributed by atoms with Crippen LogP contribution in [0.4, 0.5) is 0 Å². The second-order valence-electron chi connectivity index (χ2n) is 3.55. The molecule has 0 radical (unpaired) electrons. The van der Waals surface area contributed by atoms with E-state index in [-0.39, 0.29) is 18.0 Å². The second-order valence-corrected chi connectivity index (χ2v) is 3.96. The first kappa shape index (κ1) is 10.4. The Morgan fingerprint density at radius 2 is 2.13 bits per heavy atom. The monoisotopic (exact) mass is 225 g/mol. The van der Waals surface area contributed by atoms with Crippen molar-refractivity contribution in [3.05, 3.63) is 34.9 Å². The number of rotatable bonds is 2. The zero-order valence-electron chi connectivity index (χ0n) is 8.03. The van der Waals surface area contributed by atoms with Gasteiger partial charge in [0.1, 0.15) is 6.04 Å². The Hall–Kier alpha value is -1.10. The van der Waals surface area contributed by atoms with Crippen LogP contribution in [0.1, 0.15) is 18.0 Å². The first-order valence-electron chi connectivity index (χ1n) is 4.73. The van der Waals surface area contributed by atoms with Gasteiger partial charge in [0.15, 0.2) is 0 Å². The van der Waals surface area contributed by atoms with Gasteiger partial charge in [-0.25, -0.2) is 10.9 Å². The fourth-order valence-corrected chi connectivity index (χ4v) is 1.97. The number of amides is 1. The Bertz CT molecular complexity index is 383. The molecule has 4 nitrogen and oxygen atoms in total. The number of carbonyl (C=O) groups is 1. The molecular formula is C10H12ClN3O. The summed E-state index contributed by atoms with van der Waals surface area (Å²) in [5.74, 6) is -0.350. The Morgan fingerprint density at radius 1 is 1.40 bits per heavy atom. The van der Waals surface area contributed by atoms with E-state index < -0.39 is 0 Å². The van der Waals surface area contributed by atoms with Crippen molar-refractivity contribution in [2.24, 2.45) is 5.73 Å². The summed E-state index contributed by atoms with van der Waals surface area (Å²) in [6.45, 7) is 0. The minimum atomic E-state index is -0.350. The van der Waals surface area contributed by atoms with E-state index in [1.807, 2.05) is 24.3 Å². The molecular weight excluding hydrogens is 214 g/mol. The molecule has 2 unspecified atom stereocenters. The largest absolute Gasteiger partial charge is 0.368 e. The van der Waals surface area contributed by atoms with E-state index in [0.717, 1.165) is 5.56 Å². The first-order chi connectivity index (χ1) is 7.18. The molecule has 0 saturated carbocycles. The van der Waals surface area contributed by atoms with E-state index in [2.05, 4.69) is 10.9 Å². The summed E-state index contributed by atoms with van der Waals surface area (Å²) in [6.07, 6.45) is 0.624. The summed E-state index contributed by atoms with van der Waals surface area (Å²) < 4.78 is 0. The fourth-order valence-electron chi connectivity index (χ4n) is 1.70. The molecule has 1 aromatic carbocycles. The number of nitrogens with two attached hydrogens (primary N) is 1. The van der Waals surface area contributed by atoms with E-state index in [4.69, 9.17) is 17.3 Å². The third-order valence-electron chi connectivity index (χ3n) is 2.53. The van der Waals surface area contributed by atoms with E-state index in [9.17, 15) is 4.79 Å². The predicted molar refractivity (Wildman–Crippen MR) is 58.1 cm³/mol. The molecule has 0 aliphatic carbocycles. The number of hydrazine groups is 1. The average molecular weight is 226 g/mol. The highest BCUT2D eigenvalue weighted by molar-refractivity contribution is 6.31. The SMILES string of the molecule is NC(=O)C1CC(c2ccccc2Cl)NN1. The number of primary amides is 1. The van der Waals surface area contributed by atoms with Crippen molar-refractivity contribution in [2.45, 2.75) is 18.5 Å². The van der Waals surface area contributed by atoms with E-state index in [0.29, 0.717) is 11.4 Å². The van der Waals surface area contributed by atoms with Gasteiger partial charge in [0.05, 0.1) is 0 Å². The maximum atomic E-state index is 11.0. The van der Waals surface area contributed by atoms with Gasteiger partial charge in [0.25, 0.3) is 0 Å². The normalized spacial score (nSPS) is 25.4. The van der Waals surface area contributed by atoms with Gasteiger partial charge in [-0.3, -0.25) is 4.79 Å². The number of nitrogens with one attached hydrogen (secondary N) is 2. The first-order valence-corrected chi connectivity index (χ1v) is 5.11. The number of benzene rings is 1. The van der Waals surface area contributed by atoms with Gasteiger partial charge in [-0.15, -0.1) is 0 Å². The van der Waals surface area contributed by atoms with Crippen LogP contribution in [0.5, 0.6) is 0 Å². The standard InChI is InChI=1S/C10H12ClN3O/c11-7-4-2-1-3-6(7)8-5-9(10(12)15)14-13-8/h1-4,8-9,13-14H,5H2,(H2,12,15).